The molecule has 0 aliphatic rings. The smallest absolute Gasteiger partial charge is 0.306 e. The van der Waals surface area contributed by atoms with Crippen molar-refractivity contribution in [3.05, 3.63) is 0 Å². The van der Waals surface area contributed by atoms with Crippen LogP contribution in [0.3, 0.4) is 0 Å². The summed E-state index contributed by atoms with van der Waals surface area (Å²) in [6.07, 6.45) is 35.7. The number of phosphoric ester groups is 1. The van der Waals surface area contributed by atoms with Gasteiger partial charge in [-0.25, -0.2) is 0 Å². The molecule has 0 aromatic rings. The van der Waals surface area contributed by atoms with E-state index in [2.05, 4.69) is 13.8 Å². The van der Waals surface area contributed by atoms with Crippen LogP contribution in [-0.2, 0) is 32.7 Å². The van der Waals surface area contributed by atoms with Gasteiger partial charge in [0.05, 0.1) is 27.7 Å². The molecule has 316 valence electrons. The molecule has 0 spiro atoms. The van der Waals surface area contributed by atoms with Crippen LogP contribution in [0.4, 0.5) is 0 Å². The first-order chi connectivity index (χ1) is 25.5. The Hall–Kier alpha value is -0.990. The van der Waals surface area contributed by atoms with E-state index in [1.54, 1.807) is 0 Å². The Labute approximate surface area is 327 Å². The zero-order valence-corrected chi connectivity index (χ0v) is 36.4. The van der Waals surface area contributed by atoms with Gasteiger partial charge in [0.2, 0.25) is 0 Å². The third-order valence-corrected chi connectivity index (χ3v) is 10.8. The molecule has 0 N–H and O–H groups in total. The predicted octanol–water partition coefficient (Wildman–Crippen LogP) is 11.8. The molecule has 0 aliphatic carbocycles. The number of unbranched alkanes of at least 4 members (excludes halogenated alkanes) is 27. The zero-order chi connectivity index (χ0) is 39.3. The average Bonchev–Trinajstić information content (AvgIpc) is 3.10. The van der Waals surface area contributed by atoms with Crippen molar-refractivity contribution in [3.63, 3.8) is 0 Å². The van der Waals surface area contributed by atoms with Crippen molar-refractivity contribution in [2.24, 2.45) is 0 Å². The fourth-order valence-electron chi connectivity index (χ4n) is 6.36. The van der Waals surface area contributed by atoms with Gasteiger partial charge >= 0.3 is 11.9 Å². The molecule has 0 heterocycles. The van der Waals surface area contributed by atoms with Crippen molar-refractivity contribution < 1.29 is 42.1 Å². The third kappa shape index (κ3) is 40.5. The van der Waals surface area contributed by atoms with Gasteiger partial charge in [-0.1, -0.05) is 187 Å². The third-order valence-electron chi connectivity index (χ3n) is 9.88. The molecule has 0 radical (unpaired) electrons. The Bertz CT molecular complexity index is 881. The maximum absolute atomic E-state index is 12.7. The number of rotatable bonds is 41. The lowest BCUT2D eigenvalue weighted by Gasteiger charge is -2.28. The zero-order valence-electron chi connectivity index (χ0n) is 35.5. The van der Waals surface area contributed by atoms with Gasteiger partial charge in [-0.2, -0.15) is 0 Å². The van der Waals surface area contributed by atoms with Crippen LogP contribution in [0.25, 0.3) is 0 Å². The van der Waals surface area contributed by atoms with E-state index in [0.29, 0.717) is 17.4 Å². The van der Waals surface area contributed by atoms with E-state index < -0.39 is 26.5 Å². The van der Waals surface area contributed by atoms with Gasteiger partial charge in [0.15, 0.2) is 6.10 Å². The summed E-state index contributed by atoms with van der Waals surface area (Å²) in [4.78, 5) is 37.4. The van der Waals surface area contributed by atoms with Gasteiger partial charge in [-0.15, -0.1) is 0 Å². The van der Waals surface area contributed by atoms with Crippen molar-refractivity contribution in [3.8, 4) is 0 Å². The number of hydrogen-bond acceptors (Lipinski definition) is 8. The van der Waals surface area contributed by atoms with E-state index in [9.17, 15) is 19.0 Å². The van der Waals surface area contributed by atoms with Crippen LogP contribution >= 0.6 is 7.82 Å². The number of phosphoric acid groups is 1. The number of likely N-dealkylation sites (N-methyl/N-ethyl adjacent to an activating group) is 1. The SMILES string of the molecule is CCCCCCCCCCCCCCCCCCCCCCC(=O)OC(COC(=O)CCCCCCCCCCC)COP(=O)([O-])OCC[N+](C)(C)C. The maximum Gasteiger partial charge on any atom is 0.306 e. The van der Waals surface area contributed by atoms with Gasteiger partial charge in [0, 0.05) is 12.8 Å². The molecule has 0 aliphatic heterocycles. The van der Waals surface area contributed by atoms with Crippen LogP contribution in [-0.4, -0.2) is 70.0 Å². The van der Waals surface area contributed by atoms with Crippen LogP contribution < -0.4 is 4.89 Å². The summed E-state index contributed by atoms with van der Waals surface area (Å²) in [6.45, 7) is 4.24. The normalized spacial score (nSPS) is 13.5. The summed E-state index contributed by atoms with van der Waals surface area (Å²) < 4.78 is 33.8. The minimum atomic E-state index is -4.61. The molecule has 53 heavy (non-hydrogen) atoms. The van der Waals surface area contributed by atoms with Crippen LogP contribution in [0.2, 0.25) is 0 Å². The van der Waals surface area contributed by atoms with E-state index in [-0.39, 0.29) is 32.0 Å². The highest BCUT2D eigenvalue weighted by atomic mass is 31.2. The van der Waals surface area contributed by atoms with Gasteiger partial charge in [0.25, 0.3) is 7.82 Å². The second-order valence-corrected chi connectivity index (χ2v) is 17.8. The fraction of sp³-hybridized carbons (Fsp3) is 0.953. The molecule has 0 bridgehead atoms. The molecule has 0 saturated heterocycles. The van der Waals surface area contributed by atoms with Crippen LogP contribution in [0.15, 0.2) is 0 Å². The molecule has 0 rings (SSSR count). The Morgan fingerprint density at radius 3 is 1.21 bits per heavy atom. The minimum absolute atomic E-state index is 0.0259. The summed E-state index contributed by atoms with van der Waals surface area (Å²) in [6, 6.07) is 0. The first kappa shape index (κ1) is 52.0. The Kier molecular flexibility index (Phi) is 36.0. The number of hydrogen-bond donors (Lipinski definition) is 0. The van der Waals surface area contributed by atoms with Crippen molar-refractivity contribution >= 4 is 19.8 Å². The van der Waals surface area contributed by atoms with Crippen LogP contribution in [0, 0.1) is 0 Å². The Balaban J connectivity index is 4.21. The lowest BCUT2D eigenvalue weighted by molar-refractivity contribution is -0.870. The number of carbonyl (C=O) groups is 2. The molecule has 0 aromatic heterocycles. The first-order valence-corrected chi connectivity index (χ1v) is 23.7. The molecular formula is C43H86NO8P. The molecule has 2 unspecified atom stereocenters. The highest BCUT2D eigenvalue weighted by Gasteiger charge is 2.21. The summed E-state index contributed by atoms with van der Waals surface area (Å²) in [5.74, 6) is -0.824. The van der Waals surface area contributed by atoms with E-state index in [1.807, 2.05) is 21.1 Å². The number of nitrogens with zero attached hydrogens (tertiary/aromatic N) is 1. The van der Waals surface area contributed by atoms with E-state index >= 15 is 0 Å². The second kappa shape index (κ2) is 36.6. The van der Waals surface area contributed by atoms with E-state index in [1.165, 1.54) is 148 Å². The highest BCUT2D eigenvalue weighted by molar-refractivity contribution is 7.45. The lowest BCUT2D eigenvalue weighted by atomic mass is 10.0. The summed E-state index contributed by atoms with van der Waals surface area (Å²) in [7, 11) is 1.18. The molecular weight excluding hydrogens is 689 g/mol. The van der Waals surface area contributed by atoms with Crippen LogP contribution in [0.1, 0.15) is 213 Å². The van der Waals surface area contributed by atoms with Gasteiger partial charge in [-0.3, -0.25) is 14.2 Å². The summed E-state index contributed by atoms with van der Waals surface area (Å²) in [5.41, 5.74) is 0. The number of ether oxygens (including phenoxy) is 2. The van der Waals surface area contributed by atoms with Gasteiger partial charge in [-0.05, 0) is 12.8 Å². The topological polar surface area (TPSA) is 111 Å². The van der Waals surface area contributed by atoms with Gasteiger partial charge < -0.3 is 27.9 Å². The largest absolute Gasteiger partial charge is 0.756 e. The summed E-state index contributed by atoms with van der Waals surface area (Å²) in [5, 5.41) is 0. The number of carbonyl (C=O) groups excluding carboxylic acids is 2. The van der Waals surface area contributed by atoms with Crippen LogP contribution in [0.5, 0.6) is 0 Å². The molecule has 2 atom stereocenters. The van der Waals surface area contributed by atoms with Crippen molar-refractivity contribution in [1.29, 1.82) is 0 Å². The highest BCUT2D eigenvalue weighted by Crippen LogP contribution is 2.38. The average molecular weight is 776 g/mol. The molecule has 10 heteroatoms. The maximum atomic E-state index is 12.7. The Morgan fingerprint density at radius 2 is 0.849 bits per heavy atom. The second-order valence-electron chi connectivity index (χ2n) is 16.4. The predicted molar refractivity (Wildman–Crippen MR) is 218 cm³/mol. The molecule has 0 aromatic carbocycles. The fourth-order valence-corrected chi connectivity index (χ4v) is 7.09. The molecule has 0 amide bonds. The van der Waals surface area contributed by atoms with E-state index in [4.69, 9.17) is 18.5 Å². The van der Waals surface area contributed by atoms with Gasteiger partial charge in [0.1, 0.15) is 19.8 Å². The summed E-state index contributed by atoms with van der Waals surface area (Å²) >= 11 is 0. The number of esters is 2. The molecule has 0 fully saturated rings. The van der Waals surface area contributed by atoms with Crippen molar-refractivity contribution in [2.75, 3.05) is 47.5 Å². The van der Waals surface area contributed by atoms with Crippen molar-refractivity contribution in [2.45, 2.75) is 219 Å². The number of quaternary nitrogens is 1. The van der Waals surface area contributed by atoms with E-state index in [0.717, 1.165) is 32.1 Å². The quantitative estimate of drug-likeness (QED) is 0.0261. The first-order valence-electron chi connectivity index (χ1n) is 22.2. The Morgan fingerprint density at radius 1 is 0.509 bits per heavy atom. The molecule has 9 nitrogen and oxygen atoms in total. The van der Waals surface area contributed by atoms with Crippen molar-refractivity contribution in [1.82, 2.24) is 0 Å². The standard InChI is InChI=1S/C43H86NO8P/c1-6-8-10-12-14-16-17-18-19-20-21-22-23-24-25-26-28-30-32-34-36-43(46)52-41(40-51-53(47,48)50-38-37-44(3,4)5)39-49-42(45)35-33-31-29-27-15-13-11-9-7-2/h41H,6-40H2,1-5H3. The monoisotopic (exact) mass is 776 g/mol. The molecule has 0 saturated carbocycles. The minimum Gasteiger partial charge on any atom is -0.756 e. The lowest BCUT2D eigenvalue weighted by Crippen LogP contribution is -2.37.